The summed E-state index contributed by atoms with van der Waals surface area (Å²) in [5.41, 5.74) is 0.858. The SMILES string of the molecule is C[C@@H]1COc2ccccc2N1C=O. The number of hydrogen-bond donors (Lipinski definition) is 0. The summed E-state index contributed by atoms with van der Waals surface area (Å²) in [6.07, 6.45) is 0.853. The fourth-order valence-electron chi connectivity index (χ4n) is 1.48. The van der Waals surface area contributed by atoms with Crippen LogP contribution in [0.5, 0.6) is 5.75 Å². The fourth-order valence-corrected chi connectivity index (χ4v) is 1.48. The summed E-state index contributed by atoms with van der Waals surface area (Å²) in [7, 11) is 0. The second kappa shape index (κ2) is 3.09. The number of nitrogens with zero attached hydrogens (tertiary/aromatic N) is 1. The first-order valence-electron chi connectivity index (χ1n) is 4.28. The highest BCUT2D eigenvalue weighted by atomic mass is 16.5. The van der Waals surface area contributed by atoms with Gasteiger partial charge in [-0.3, -0.25) is 4.79 Å². The highest BCUT2D eigenvalue weighted by Crippen LogP contribution is 2.31. The molecule has 0 saturated carbocycles. The van der Waals surface area contributed by atoms with Crippen LogP contribution in [0.25, 0.3) is 0 Å². The first kappa shape index (κ1) is 8.10. The molecule has 3 nitrogen and oxygen atoms in total. The van der Waals surface area contributed by atoms with Crippen LogP contribution in [0.4, 0.5) is 5.69 Å². The van der Waals surface area contributed by atoms with Crippen molar-refractivity contribution in [3.8, 4) is 5.75 Å². The van der Waals surface area contributed by atoms with E-state index < -0.39 is 0 Å². The largest absolute Gasteiger partial charge is 0.489 e. The lowest BCUT2D eigenvalue weighted by atomic mass is 10.2. The van der Waals surface area contributed by atoms with Crippen LogP contribution in [0.1, 0.15) is 6.92 Å². The maximum absolute atomic E-state index is 10.8. The molecule has 0 bridgehead atoms. The summed E-state index contributed by atoms with van der Waals surface area (Å²) < 4.78 is 5.47. The first-order chi connectivity index (χ1) is 6.33. The predicted molar refractivity (Wildman–Crippen MR) is 49.9 cm³/mol. The molecule has 2 rings (SSSR count). The van der Waals surface area contributed by atoms with E-state index in [0.29, 0.717) is 6.61 Å². The maximum Gasteiger partial charge on any atom is 0.214 e. The van der Waals surface area contributed by atoms with E-state index in [-0.39, 0.29) is 6.04 Å². The Kier molecular flexibility index (Phi) is 1.93. The van der Waals surface area contributed by atoms with Gasteiger partial charge in [-0.25, -0.2) is 0 Å². The molecule has 68 valence electrons. The van der Waals surface area contributed by atoms with Gasteiger partial charge in [0, 0.05) is 0 Å². The van der Waals surface area contributed by atoms with E-state index in [4.69, 9.17) is 4.74 Å². The van der Waals surface area contributed by atoms with Gasteiger partial charge in [0.2, 0.25) is 6.41 Å². The fraction of sp³-hybridized carbons (Fsp3) is 0.300. The molecule has 1 amide bonds. The highest BCUT2D eigenvalue weighted by molar-refractivity contribution is 5.80. The molecule has 0 N–H and O–H groups in total. The molecule has 0 saturated heterocycles. The highest BCUT2D eigenvalue weighted by Gasteiger charge is 2.22. The van der Waals surface area contributed by atoms with Gasteiger partial charge in [-0.1, -0.05) is 12.1 Å². The van der Waals surface area contributed by atoms with Crippen LogP contribution >= 0.6 is 0 Å². The molecule has 1 aromatic carbocycles. The van der Waals surface area contributed by atoms with Crippen molar-refractivity contribution in [3.63, 3.8) is 0 Å². The molecule has 0 aliphatic carbocycles. The summed E-state index contributed by atoms with van der Waals surface area (Å²) in [6, 6.07) is 7.68. The zero-order valence-electron chi connectivity index (χ0n) is 7.43. The summed E-state index contributed by atoms with van der Waals surface area (Å²) in [6.45, 7) is 2.53. The summed E-state index contributed by atoms with van der Waals surface area (Å²) in [4.78, 5) is 12.5. The lowest BCUT2D eigenvalue weighted by molar-refractivity contribution is -0.108. The van der Waals surface area contributed by atoms with E-state index in [1.807, 2.05) is 31.2 Å². The van der Waals surface area contributed by atoms with Crippen molar-refractivity contribution < 1.29 is 9.53 Å². The predicted octanol–water partition coefficient (Wildman–Crippen LogP) is 1.43. The molecular weight excluding hydrogens is 166 g/mol. The normalized spacial score (nSPS) is 20.4. The van der Waals surface area contributed by atoms with E-state index >= 15 is 0 Å². The van der Waals surface area contributed by atoms with Crippen molar-refractivity contribution in [3.05, 3.63) is 24.3 Å². The van der Waals surface area contributed by atoms with E-state index in [0.717, 1.165) is 17.8 Å². The molecule has 0 unspecified atom stereocenters. The van der Waals surface area contributed by atoms with Crippen LogP contribution in [-0.4, -0.2) is 19.1 Å². The number of amides is 1. The minimum absolute atomic E-state index is 0.118. The van der Waals surface area contributed by atoms with Gasteiger partial charge in [-0.05, 0) is 19.1 Å². The summed E-state index contributed by atoms with van der Waals surface area (Å²) in [5.74, 6) is 0.785. The van der Waals surface area contributed by atoms with Crippen LogP contribution in [-0.2, 0) is 4.79 Å². The van der Waals surface area contributed by atoms with E-state index in [2.05, 4.69) is 0 Å². The lowest BCUT2D eigenvalue weighted by Gasteiger charge is -2.31. The second-order valence-corrected chi connectivity index (χ2v) is 3.14. The van der Waals surface area contributed by atoms with Crippen molar-refractivity contribution in [2.24, 2.45) is 0 Å². The Balaban J connectivity index is 2.45. The van der Waals surface area contributed by atoms with Gasteiger partial charge < -0.3 is 9.64 Å². The van der Waals surface area contributed by atoms with Crippen LogP contribution in [0.2, 0.25) is 0 Å². The molecular formula is C10H11NO2. The maximum atomic E-state index is 10.8. The third kappa shape index (κ3) is 1.26. The first-order valence-corrected chi connectivity index (χ1v) is 4.28. The van der Waals surface area contributed by atoms with Gasteiger partial charge >= 0.3 is 0 Å². The van der Waals surface area contributed by atoms with Crippen molar-refractivity contribution in [1.82, 2.24) is 0 Å². The van der Waals surface area contributed by atoms with E-state index in [9.17, 15) is 4.79 Å². The van der Waals surface area contributed by atoms with Gasteiger partial charge in [0.25, 0.3) is 0 Å². The zero-order chi connectivity index (χ0) is 9.26. The number of anilines is 1. The van der Waals surface area contributed by atoms with Crippen molar-refractivity contribution in [1.29, 1.82) is 0 Å². The Morgan fingerprint density at radius 2 is 2.31 bits per heavy atom. The zero-order valence-corrected chi connectivity index (χ0v) is 7.43. The van der Waals surface area contributed by atoms with Crippen LogP contribution in [0, 0.1) is 0 Å². The number of carbonyl (C=O) groups excluding carboxylic acids is 1. The number of ether oxygens (including phenoxy) is 1. The smallest absolute Gasteiger partial charge is 0.214 e. The van der Waals surface area contributed by atoms with Crippen LogP contribution < -0.4 is 9.64 Å². The van der Waals surface area contributed by atoms with Crippen molar-refractivity contribution >= 4 is 12.1 Å². The molecule has 0 fully saturated rings. The molecule has 1 heterocycles. The molecule has 1 atom stereocenters. The Bertz CT molecular complexity index is 324. The average molecular weight is 177 g/mol. The van der Waals surface area contributed by atoms with Crippen molar-refractivity contribution in [2.45, 2.75) is 13.0 Å². The minimum atomic E-state index is 0.118. The summed E-state index contributed by atoms with van der Waals surface area (Å²) >= 11 is 0. The Labute approximate surface area is 76.9 Å². The monoisotopic (exact) mass is 177 g/mol. The number of rotatable bonds is 1. The Morgan fingerprint density at radius 3 is 3.08 bits per heavy atom. The van der Waals surface area contributed by atoms with Gasteiger partial charge in [0.05, 0.1) is 11.7 Å². The van der Waals surface area contributed by atoms with Gasteiger partial charge in [0.15, 0.2) is 0 Å². The number of hydrogen-bond acceptors (Lipinski definition) is 2. The summed E-state index contributed by atoms with van der Waals surface area (Å²) in [5, 5.41) is 0. The van der Waals surface area contributed by atoms with Crippen LogP contribution in [0.15, 0.2) is 24.3 Å². The van der Waals surface area contributed by atoms with Crippen molar-refractivity contribution in [2.75, 3.05) is 11.5 Å². The third-order valence-corrected chi connectivity index (χ3v) is 2.21. The number of carbonyl (C=O) groups is 1. The minimum Gasteiger partial charge on any atom is -0.489 e. The third-order valence-electron chi connectivity index (χ3n) is 2.21. The molecule has 3 heteroatoms. The van der Waals surface area contributed by atoms with Crippen LogP contribution in [0.3, 0.4) is 0 Å². The number of benzene rings is 1. The second-order valence-electron chi connectivity index (χ2n) is 3.14. The van der Waals surface area contributed by atoms with Gasteiger partial charge in [-0.15, -0.1) is 0 Å². The standard InChI is InChI=1S/C10H11NO2/c1-8-6-13-10-5-3-2-4-9(10)11(8)7-12/h2-5,7-8H,6H2,1H3/t8-/m1/s1. The topological polar surface area (TPSA) is 29.5 Å². The molecule has 1 aliphatic rings. The number of fused-ring (bicyclic) bond motifs is 1. The average Bonchev–Trinajstić information content (AvgIpc) is 2.18. The quantitative estimate of drug-likeness (QED) is 0.607. The molecule has 1 aliphatic heterocycles. The molecule has 1 aromatic rings. The molecule has 0 radical (unpaired) electrons. The number of para-hydroxylation sites is 2. The lowest BCUT2D eigenvalue weighted by Crippen LogP contribution is -2.39. The Hall–Kier alpha value is -1.51. The van der Waals surface area contributed by atoms with E-state index in [1.165, 1.54) is 0 Å². The molecule has 0 aromatic heterocycles. The molecule has 0 spiro atoms. The molecule has 13 heavy (non-hydrogen) atoms. The Morgan fingerprint density at radius 1 is 1.54 bits per heavy atom. The van der Waals surface area contributed by atoms with Gasteiger partial charge in [0.1, 0.15) is 12.4 Å². The van der Waals surface area contributed by atoms with E-state index in [1.54, 1.807) is 4.90 Å². The van der Waals surface area contributed by atoms with Gasteiger partial charge in [-0.2, -0.15) is 0 Å².